The van der Waals surface area contributed by atoms with Crippen LogP contribution in [-0.4, -0.2) is 14.2 Å². The van der Waals surface area contributed by atoms with E-state index in [1.54, 1.807) is 0 Å². The first-order valence-electron chi connectivity index (χ1n) is 6.70. The summed E-state index contributed by atoms with van der Waals surface area (Å²) >= 11 is 0. The third-order valence-electron chi connectivity index (χ3n) is 3.28. The summed E-state index contributed by atoms with van der Waals surface area (Å²) in [5.41, 5.74) is -3.94. The molecule has 0 atom stereocenters. The molecule has 0 saturated heterocycles. The zero-order chi connectivity index (χ0) is 18.7. The molecule has 0 bridgehead atoms. The lowest BCUT2D eigenvalue weighted by Crippen LogP contribution is -2.20. The molecule has 0 saturated carbocycles. The Bertz CT molecular complexity index is 573. The Morgan fingerprint density at radius 3 is 1.21 bits per heavy atom. The van der Waals surface area contributed by atoms with Crippen LogP contribution in [-0.2, 0) is 25.2 Å². The first-order valence-corrected chi connectivity index (χ1v) is 6.70. The van der Waals surface area contributed by atoms with E-state index in [9.17, 15) is 26.3 Å². The van der Waals surface area contributed by atoms with Crippen LogP contribution in [0.5, 0.6) is 11.5 Å². The van der Waals surface area contributed by atoms with E-state index in [1.165, 1.54) is 0 Å². The second-order valence-electron chi connectivity index (χ2n) is 4.75. The summed E-state index contributed by atoms with van der Waals surface area (Å²) in [6.45, 7) is 6.60. The van der Waals surface area contributed by atoms with E-state index >= 15 is 0 Å². The quantitative estimate of drug-likeness (QED) is 0.516. The lowest BCUT2D eigenvalue weighted by atomic mass is 9.91. The van der Waals surface area contributed by atoms with Gasteiger partial charge in [0.25, 0.3) is 0 Å². The highest BCUT2D eigenvalue weighted by Crippen LogP contribution is 2.51. The summed E-state index contributed by atoms with van der Waals surface area (Å²) in [5, 5.41) is 0. The van der Waals surface area contributed by atoms with Gasteiger partial charge in [-0.3, -0.25) is 0 Å². The molecule has 134 valence electrons. The molecule has 0 N–H and O–H groups in total. The van der Waals surface area contributed by atoms with Gasteiger partial charge in [-0.25, -0.2) is 0 Å². The molecule has 0 aliphatic carbocycles. The fourth-order valence-corrected chi connectivity index (χ4v) is 2.53. The van der Waals surface area contributed by atoms with Gasteiger partial charge >= 0.3 is 12.4 Å². The topological polar surface area (TPSA) is 18.5 Å². The van der Waals surface area contributed by atoms with Crippen LogP contribution < -0.4 is 9.47 Å². The molecule has 0 fully saturated rings. The number of halogens is 6. The lowest BCUT2D eigenvalue weighted by Gasteiger charge is -2.26. The highest BCUT2D eigenvalue weighted by molar-refractivity contribution is 5.62. The van der Waals surface area contributed by atoms with Crippen molar-refractivity contribution in [3.8, 4) is 11.5 Å². The van der Waals surface area contributed by atoms with Gasteiger partial charge in [0.15, 0.2) is 0 Å². The molecule has 0 aliphatic heterocycles. The van der Waals surface area contributed by atoms with Gasteiger partial charge in [0, 0.05) is 11.1 Å². The maximum atomic E-state index is 13.5. The SMILES string of the molecule is C=CCc1c(OC)c(C(F)(F)F)c(CC=C)c(OC)c1C(F)(F)F. The average Bonchev–Trinajstić information content (AvgIpc) is 2.45. The minimum absolute atomic E-state index is 0.466. The highest BCUT2D eigenvalue weighted by Gasteiger charge is 2.46. The van der Waals surface area contributed by atoms with Crippen molar-refractivity contribution < 1.29 is 35.8 Å². The number of rotatable bonds is 6. The summed E-state index contributed by atoms with van der Waals surface area (Å²) in [5.74, 6) is -1.76. The van der Waals surface area contributed by atoms with Crippen molar-refractivity contribution in [1.29, 1.82) is 0 Å². The second kappa shape index (κ2) is 7.19. The summed E-state index contributed by atoms with van der Waals surface area (Å²) in [7, 11) is 1.78. The molecule has 0 radical (unpaired) electrons. The number of ether oxygens (including phenoxy) is 2. The van der Waals surface area contributed by atoms with Crippen molar-refractivity contribution in [2.24, 2.45) is 0 Å². The van der Waals surface area contributed by atoms with Crippen molar-refractivity contribution >= 4 is 0 Å². The summed E-state index contributed by atoms with van der Waals surface area (Å²) in [4.78, 5) is 0. The van der Waals surface area contributed by atoms with Crippen molar-refractivity contribution in [3.05, 3.63) is 47.6 Å². The average molecular weight is 354 g/mol. The Labute approximate surface area is 135 Å². The molecule has 8 heteroatoms. The van der Waals surface area contributed by atoms with Crippen molar-refractivity contribution in [2.45, 2.75) is 25.2 Å². The molecule has 0 unspecified atom stereocenters. The van der Waals surface area contributed by atoms with Crippen LogP contribution in [0.3, 0.4) is 0 Å². The standard InChI is InChI=1S/C16H16F6O2/c1-5-7-9-11(15(17,18)19)14(24-4)10(8-6-2)12(13(9)23-3)16(20,21)22/h5-6H,1-2,7-8H2,3-4H3. The highest BCUT2D eigenvalue weighted by atomic mass is 19.4. The Kier molecular flexibility index (Phi) is 5.97. The minimum Gasteiger partial charge on any atom is -0.496 e. The van der Waals surface area contributed by atoms with Crippen LogP contribution in [0.4, 0.5) is 26.3 Å². The number of allylic oxidation sites excluding steroid dienone is 2. The van der Waals surface area contributed by atoms with Crippen molar-refractivity contribution in [2.75, 3.05) is 14.2 Å². The Balaban J connectivity index is 4.15. The molecule has 1 aromatic carbocycles. The van der Waals surface area contributed by atoms with Gasteiger partial charge in [-0.05, 0) is 12.8 Å². The van der Waals surface area contributed by atoms with E-state index in [4.69, 9.17) is 9.47 Å². The molecule has 0 spiro atoms. The molecular formula is C16H16F6O2. The normalized spacial score (nSPS) is 12.0. The van der Waals surface area contributed by atoms with Crippen LogP contribution in [0.25, 0.3) is 0 Å². The fourth-order valence-electron chi connectivity index (χ4n) is 2.53. The van der Waals surface area contributed by atoms with E-state index in [0.29, 0.717) is 0 Å². The Morgan fingerprint density at radius 2 is 1.04 bits per heavy atom. The third kappa shape index (κ3) is 3.68. The van der Waals surface area contributed by atoms with Crippen molar-refractivity contribution in [3.63, 3.8) is 0 Å². The first kappa shape index (κ1) is 19.9. The number of alkyl halides is 6. The molecule has 0 amide bonds. The van der Waals surface area contributed by atoms with E-state index < -0.39 is 58.9 Å². The first-order chi connectivity index (χ1) is 11.0. The number of benzene rings is 1. The van der Waals surface area contributed by atoms with Gasteiger partial charge in [-0.1, -0.05) is 12.2 Å². The number of hydrogen-bond acceptors (Lipinski definition) is 2. The van der Waals surface area contributed by atoms with Gasteiger partial charge < -0.3 is 9.47 Å². The van der Waals surface area contributed by atoms with Crippen molar-refractivity contribution in [1.82, 2.24) is 0 Å². The van der Waals surface area contributed by atoms with Crippen LogP contribution >= 0.6 is 0 Å². The Morgan fingerprint density at radius 1 is 0.750 bits per heavy atom. The lowest BCUT2D eigenvalue weighted by molar-refractivity contribution is -0.144. The van der Waals surface area contributed by atoms with Gasteiger partial charge in [0.05, 0.1) is 14.2 Å². The fraction of sp³-hybridized carbons (Fsp3) is 0.375. The van der Waals surface area contributed by atoms with Gasteiger partial charge in [0.2, 0.25) is 0 Å². The maximum absolute atomic E-state index is 13.5. The summed E-state index contributed by atoms with van der Waals surface area (Å²) in [6, 6.07) is 0. The second-order valence-corrected chi connectivity index (χ2v) is 4.75. The largest absolute Gasteiger partial charge is 0.496 e. The molecule has 0 heterocycles. The van der Waals surface area contributed by atoms with Gasteiger partial charge in [-0.2, -0.15) is 26.3 Å². The summed E-state index contributed by atoms with van der Waals surface area (Å²) < 4.78 is 90.5. The van der Waals surface area contributed by atoms with E-state index in [0.717, 1.165) is 26.4 Å². The van der Waals surface area contributed by atoms with Gasteiger partial charge in [0.1, 0.15) is 22.6 Å². The monoisotopic (exact) mass is 354 g/mol. The predicted octanol–water partition coefficient (Wildman–Crippen LogP) is 5.20. The molecular weight excluding hydrogens is 338 g/mol. The van der Waals surface area contributed by atoms with E-state index in [-0.39, 0.29) is 0 Å². The van der Waals surface area contributed by atoms with Crippen LogP contribution in [0, 0.1) is 0 Å². The van der Waals surface area contributed by atoms with Crippen LogP contribution in [0.2, 0.25) is 0 Å². The molecule has 1 aromatic rings. The van der Waals surface area contributed by atoms with E-state index in [1.807, 2.05) is 0 Å². The van der Waals surface area contributed by atoms with Crippen LogP contribution in [0.15, 0.2) is 25.3 Å². The van der Waals surface area contributed by atoms with Gasteiger partial charge in [-0.15, -0.1) is 13.2 Å². The Hall–Kier alpha value is -2.12. The van der Waals surface area contributed by atoms with E-state index in [2.05, 4.69) is 13.2 Å². The molecule has 0 aromatic heterocycles. The minimum atomic E-state index is -4.93. The molecule has 1 rings (SSSR count). The molecule has 0 aliphatic rings. The zero-order valence-corrected chi connectivity index (χ0v) is 13.1. The number of methoxy groups -OCH3 is 2. The number of hydrogen-bond donors (Lipinski definition) is 0. The molecule has 2 nitrogen and oxygen atoms in total. The molecule has 24 heavy (non-hydrogen) atoms. The van der Waals surface area contributed by atoms with Crippen LogP contribution in [0.1, 0.15) is 22.3 Å². The smallest absolute Gasteiger partial charge is 0.420 e. The predicted molar refractivity (Wildman–Crippen MR) is 77.4 cm³/mol. The summed E-state index contributed by atoms with van der Waals surface area (Å²) in [6.07, 6.45) is -8.66. The third-order valence-corrected chi connectivity index (χ3v) is 3.28. The zero-order valence-electron chi connectivity index (χ0n) is 13.1. The maximum Gasteiger partial charge on any atom is 0.420 e.